The zero-order valence-corrected chi connectivity index (χ0v) is 13.2. The van der Waals surface area contributed by atoms with Crippen LogP contribution in [0, 0.1) is 5.82 Å². The molecule has 0 amide bonds. The van der Waals surface area contributed by atoms with E-state index >= 15 is 0 Å². The fourth-order valence-corrected chi connectivity index (χ4v) is 2.68. The smallest absolute Gasteiger partial charge is 0.264 e. The first-order valence-electron chi connectivity index (χ1n) is 7.76. The Morgan fingerprint density at radius 1 is 1.00 bits per heavy atom. The third-order valence-corrected chi connectivity index (χ3v) is 3.96. The predicted octanol–water partition coefficient (Wildman–Crippen LogP) is 2.22. The molecular weight excluding hydrogens is 321 g/mol. The molecule has 0 aliphatic carbocycles. The highest BCUT2D eigenvalue weighted by Crippen LogP contribution is 2.12. The Hall–Kier alpha value is -3.35. The van der Waals surface area contributed by atoms with Gasteiger partial charge in [-0.1, -0.05) is 24.3 Å². The van der Waals surface area contributed by atoms with Gasteiger partial charge >= 0.3 is 0 Å². The Balaban J connectivity index is 1.70. The lowest BCUT2D eigenvalue weighted by molar-refractivity contribution is 0.589. The quantitative estimate of drug-likeness (QED) is 0.574. The summed E-state index contributed by atoms with van der Waals surface area (Å²) in [6.45, 7) is 0.550. The molecule has 3 aromatic heterocycles. The Bertz CT molecular complexity index is 1090. The van der Waals surface area contributed by atoms with Crippen LogP contribution < -0.4 is 5.56 Å². The van der Waals surface area contributed by atoms with Crippen LogP contribution in [-0.4, -0.2) is 24.3 Å². The van der Waals surface area contributed by atoms with Crippen molar-refractivity contribution in [3.63, 3.8) is 0 Å². The normalized spacial score (nSPS) is 11.1. The molecule has 0 aliphatic heterocycles. The predicted molar refractivity (Wildman–Crippen MR) is 90.6 cm³/mol. The second kappa shape index (κ2) is 6.27. The van der Waals surface area contributed by atoms with E-state index in [1.165, 1.54) is 27.8 Å². The number of hydrogen-bond donors (Lipinski definition) is 0. The standard InChI is InChI=1S/C18H14FN5O/c19-16-7-2-1-5-13(16)10-24-17-15(9-22-24)18(25)23(12-21-17)11-14-6-3-4-8-20-14/h1-9,12H,10-11H2. The van der Waals surface area contributed by atoms with Crippen LogP contribution in [0.4, 0.5) is 4.39 Å². The molecule has 3 heterocycles. The van der Waals surface area contributed by atoms with Crippen molar-refractivity contribution >= 4 is 11.0 Å². The van der Waals surface area contributed by atoms with Crippen molar-refractivity contribution in [2.45, 2.75) is 13.1 Å². The van der Waals surface area contributed by atoms with Gasteiger partial charge in [-0.25, -0.2) is 14.1 Å². The summed E-state index contributed by atoms with van der Waals surface area (Å²) in [7, 11) is 0. The molecule has 0 fully saturated rings. The summed E-state index contributed by atoms with van der Waals surface area (Å²) >= 11 is 0. The summed E-state index contributed by atoms with van der Waals surface area (Å²) in [5.74, 6) is -0.311. The molecule has 0 unspecified atom stereocenters. The van der Waals surface area contributed by atoms with E-state index in [4.69, 9.17) is 0 Å². The molecule has 6 nitrogen and oxygen atoms in total. The van der Waals surface area contributed by atoms with Gasteiger partial charge in [-0.2, -0.15) is 5.10 Å². The summed E-state index contributed by atoms with van der Waals surface area (Å²) in [5, 5.41) is 4.60. The number of pyridine rings is 1. The zero-order valence-electron chi connectivity index (χ0n) is 13.2. The van der Waals surface area contributed by atoms with Gasteiger partial charge in [0.1, 0.15) is 17.5 Å². The second-order valence-corrected chi connectivity index (χ2v) is 5.63. The van der Waals surface area contributed by atoms with E-state index in [2.05, 4.69) is 15.1 Å². The van der Waals surface area contributed by atoms with Crippen LogP contribution in [0.3, 0.4) is 0 Å². The number of rotatable bonds is 4. The molecule has 4 rings (SSSR count). The summed E-state index contributed by atoms with van der Waals surface area (Å²) in [4.78, 5) is 21.2. The van der Waals surface area contributed by atoms with E-state index in [9.17, 15) is 9.18 Å². The van der Waals surface area contributed by atoms with Crippen LogP contribution in [0.5, 0.6) is 0 Å². The molecule has 0 radical (unpaired) electrons. The highest BCUT2D eigenvalue weighted by Gasteiger charge is 2.12. The maximum atomic E-state index is 13.8. The van der Waals surface area contributed by atoms with E-state index in [0.717, 1.165) is 5.69 Å². The molecule has 124 valence electrons. The summed E-state index contributed by atoms with van der Waals surface area (Å²) in [6.07, 6.45) is 4.62. The maximum Gasteiger partial charge on any atom is 0.264 e. The minimum absolute atomic E-state index is 0.199. The Labute approximate surface area is 142 Å². The molecule has 0 aliphatic rings. The minimum Gasteiger partial charge on any atom is -0.292 e. The maximum absolute atomic E-state index is 13.8. The van der Waals surface area contributed by atoms with Crippen molar-refractivity contribution in [2.75, 3.05) is 0 Å². The number of hydrogen-bond acceptors (Lipinski definition) is 4. The minimum atomic E-state index is -0.311. The highest BCUT2D eigenvalue weighted by atomic mass is 19.1. The highest BCUT2D eigenvalue weighted by molar-refractivity contribution is 5.73. The molecule has 0 saturated heterocycles. The van der Waals surface area contributed by atoms with Gasteiger partial charge in [0.25, 0.3) is 5.56 Å². The fourth-order valence-electron chi connectivity index (χ4n) is 2.68. The molecule has 4 aromatic rings. The molecule has 0 bridgehead atoms. The van der Waals surface area contributed by atoms with Gasteiger partial charge in [0, 0.05) is 11.8 Å². The molecule has 7 heteroatoms. The summed E-state index contributed by atoms with van der Waals surface area (Å²) in [6, 6.07) is 12.0. The molecule has 0 N–H and O–H groups in total. The number of fused-ring (bicyclic) bond motifs is 1. The van der Waals surface area contributed by atoms with Gasteiger partial charge in [0.15, 0.2) is 5.65 Å². The monoisotopic (exact) mass is 335 g/mol. The van der Waals surface area contributed by atoms with Gasteiger partial charge in [0.2, 0.25) is 0 Å². The molecule has 0 saturated carbocycles. The first-order valence-corrected chi connectivity index (χ1v) is 7.76. The zero-order chi connectivity index (χ0) is 17.2. The van der Waals surface area contributed by atoms with Crippen LogP contribution in [0.2, 0.25) is 0 Å². The number of benzene rings is 1. The van der Waals surface area contributed by atoms with Crippen molar-refractivity contribution in [1.29, 1.82) is 0 Å². The molecule has 0 spiro atoms. The number of nitrogens with zero attached hydrogens (tertiary/aromatic N) is 5. The lowest BCUT2D eigenvalue weighted by Crippen LogP contribution is -2.21. The Morgan fingerprint density at radius 3 is 2.64 bits per heavy atom. The van der Waals surface area contributed by atoms with E-state index in [1.54, 1.807) is 24.4 Å². The van der Waals surface area contributed by atoms with Crippen LogP contribution in [0.15, 0.2) is 66.0 Å². The number of aromatic nitrogens is 5. The van der Waals surface area contributed by atoms with Crippen LogP contribution in [-0.2, 0) is 13.1 Å². The van der Waals surface area contributed by atoms with Crippen molar-refractivity contribution in [3.05, 3.63) is 88.6 Å². The largest absolute Gasteiger partial charge is 0.292 e. The van der Waals surface area contributed by atoms with Crippen molar-refractivity contribution in [1.82, 2.24) is 24.3 Å². The first kappa shape index (κ1) is 15.2. The number of halogens is 1. The lowest BCUT2D eigenvalue weighted by Gasteiger charge is -2.06. The van der Waals surface area contributed by atoms with Gasteiger partial charge in [-0.05, 0) is 18.2 Å². The Kier molecular flexibility index (Phi) is 3.81. The van der Waals surface area contributed by atoms with E-state index < -0.39 is 0 Å². The van der Waals surface area contributed by atoms with Crippen LogP contribution in [0.1, 0.15) is 11.3 Å². The van der Waals surface area contributed by atoms with Gasteiger partial charge in [0.05, 0.1) is 25.0 Å². The first-order chi connectivity index (χ1) is 12.2. The average molecular weight is 335 g/mol. The second-order valence-electron chi connectivity index (χ2n) is 5.63. The van der Waals surface area contributed by atoms with Crippen LogP contribution >= 0.6 is 0 Å². The van der Waals surface area contributed by atoms with Crippen molar-refractivity contribution < 1.29 is 4.39 Å². The fraction of sp³-hybridized carbons (Fsp3) is 0.111. The van der Waals surface area contributed by atoms with Gasteiger partial charge in [-0.3, -0.25) is 14.3 Å². The summed E-state index contributed by atoms with van der Waals surface area (Å²) in [5.41, 5.74) is 1.50. The van der Waals surface area contributed by atoms with Crippen molar-refractivity contribution in [3.8, 4) is 0 Å². The van der Waals surface area contributed by atoms with E-state index in [0.29, 0.717) is 23.1 Å². The molecule has 25 heavy (non-hydrogen) atoms. The topological polar surface area (TPSA) is 65.6 Å². The van der Waals surface area contributed by atoms with Crippen molar-refractivity contribution in [2.24, 2.45) is 0 Å². The van der Waals surface area contributed by atoms with Gasteiger partial charge < -0.3 is 0 Å². The summed E-state index contributed by atoms with van der Waals surface area (Å²) < 4.78 is 16.8. The van der Waals surface area contributed by atoms with E-state index in [-0.39, 0.29) is 17.9 Å². The van der Waals surface area contributed by atoms with E-state index in [1.807, 2.05) is 18.2 Å². The van der Waals surface area contributed by atoms with Crippen LogP contribution in [0.25, 0.3) is 11.0 Å². The molecule has 0 atom stereocenters. The lowest BCUT2D eigenvalue weighted by atomic mass is 10.2. The van der Waals surface area contributed by atoms with Gasteiger partial charge in [-0.15, -0.1) is 0 Å². The SMILES string of the molecule is O=c1c2cnn(Cc3ccccc3F)c2ncn1Cc1ccccn1. The molecule has 1 aromatic carbocycles. The molecular formula is C18H14FN5O. The third-order valence-electron chi connectivity index (χ3n) is 3.96. The Morgan fingerprint density at radius 2 is 1.84 bits per heavy atom. The third kappa shape index (κ3) is 2.91. The average Bonchev–Trinajstić information content (AvgIpc) is 3.04.